The van der Waals surface area contributed by atoms with Gasteiger partial charge in [0.25, 0.3) is 0 Å². The molecule has 1 aliphatic heterocycles. The lowest BCUT2D eigenvalue weighted by Gasteiger charge is -2.21. The van der Waals surface area contributed by atoms with Gasteiger partial charge in [0, 0.05) is 18.5 Å². The molecule has 0 aliphatic carbocycles. The molecule has 0 amide bonds. The van der Waals surface area contributed by atoms with Gasteiger partial charge < -0.3 is 10.1 Å². The van der Waals surface area contributed by atoms with E-state index in [0.717, 1.165) is 34.2 Å². The fraction of sp³-hybridized carbons (Fsp3) is 0.364. The lowest BCUT2D eigenvalue weighted by molar-refractivity contribution is 0.0276. The third kappa shape index (κ3) is 2.61. The number of hydrogen-bond acceptors (Lipinski definition) is 5. The Kier molecular flexibility index (Phi) is 3.58. The summed E-state index contributed by atoms with van der Waals surface area (Å²) in [6.07, 6.45) is 0.117. The highest BCUT2D eigenvalue weighted by atomic mass is 79.9. The first-order valence-corrected chi connectivity index (χ1v) is 7.85. The van der Waals surface area contributed by atoms with Crippen molar-refractivity contribution in [1.29, 1.82) is 0 Å². The van der Waals surface area contributed by atoms with Crippen molar-refractivity contribution in [3.8, 4) is 10.6 Å². The molecule has 90 valence electrons. The first-order valence-electron chi connectivity index (χ1n) is 5.36. The molecule has 2 aromatic rings. The molecule has 0 radical (unpaired) electrons. The zero-order valence-electron chi connectivity index (χ0n) is 8.98. The summed E-state index contributed by atoms with van der Waals surface area (Å²) in [5.41, 5.74) is 1.05. The van der Waals surface area contributed by atoms with Crippen LogP contribution in [-0.4, -0.2) is 24.7 Å². The van der Waals surface area contributed by atoms with E-state index in [1.807, 2.05) is 0 Å². The summed E-state index contributed by atoms with van der Waals surface area (Å²) in [6, 6.07) is 4.14. The van der Waals surface area contributed by atoms with Crippen molar-refractivity contribution < 1.29 is 4.74 Å². The van der Waals surface area contributed by atoms with Crippen molar-refractivity contribution in [3.05, 3.63) is 26.3 Å². The van der Waals surface area contributed by atoms with E-state index in [9.17, 15) is 0 Å². The Morgan fingerprint density at radius 3 is 3.12 bits per heavy atom. The minimum atomic E-state index is 0.117. The van der Waals surface area contributed by atoms with Crippen molar-refractivity contribution in [1.82, 2.24) is 10.3 Å². The second-order valence-corrected chi connectivity index (χ2v) is 7.09. The monoisotopic (exact) mass is 330 g/mol. The normalized spacial score (nSPS) is 20.6. The summed E-state index contributed by atoms with van der Waals surface area (Å²) in [5, 5.41) is 6.49. The van der Waals surface area contributed by atoms with Gasteiger partial charge >= 0.3 is 0 Å². The SMILES string of the molecule is Brc1ccc(-c2csc(C3CNCCO3)n2)s1. The molecule has 1 unspecified atom stereocenters. The van der Waals surface area contributed by atoms with Crippen molar-refractivity contribution >= 4 is 38.6 Å². The van der Waals surface area contributed by atoms with Crippen LogP contribution in [-0.2, 0) is 4.74 Å². The highest BCUT2D eigenvalue weighted by molar-refractivity contribution is 9.11. The molecule has 2 aromatic heterocycles. The van der Waals surface area contributed by atoms with Crippen LogP contribution in [0.3, 0.4) is 0 Å². The Labute approximate surface area is 116 Å². The van der Waals surface area contributed by atoms with Crippen LogP contribution in [0.1, 0.15) is 11.1 Å². The quantitative estimate of drug-likeness (QED) is 0.917. The first kappa shape index (κ1) is 11.8. The van der Waals surface area contributed by atoms with Crippen molar-refractivity contribution in [2.24, 2.45) is 0 Å². The second-order valence-electron chi connectivity index (χ2n) is 3.74. The molecule has 1 aliphatic rings. The third-order valence-corrected chi connectivity index (χ3v) is 5.13. The molecule has 0 aromatic carbocycles. The molecule has 1 atom stereocenters. The summed E-state index contributed by atoms with van der Waals surface area (Å²) >= 11 is 6.85. The summed E-state index contributed by atoms with van der Waals surface area (Å²) in [5.74, 6) is 0. The van der Waals surface area contributed by atoms with Crippen LogP contribution in [0.15, 0.2) is 21.3 Å². The average molecular weight is 331 g/mol. The molecular formula is C11H11BrN2OS2. The molecule has 6 heteroatoms. The standard InChI is InChI=1S/C11H11BrN2OS2/c12-10-2-1-9(17-10)7-6-16-11(14-7)8-5-13-3-4-15-8/h1-2,6,8,13H,3-5H2. The smallest absolute Gasteiger partial charge is 0.124 e. The Bertz CT molecular complexity index is 505. The van der Waals surface area contributed by atoms with Crippen molar-refractivity contribution in [2.45, 2.75) is 6.10 Å². The average Bonchev–Trinajstić information content (AvgIpc) is 2.98. The fourth-order valence-electron chi connectivity index (χ4n) is 1.72. The summed E-state index contributed by atoms with van der Waals surface area (Å²) in [7, 11) is 0. The van der Waals surface area contributed by atoms with E-state index in [-0.39, 0.29) is 6.10 Å². The number of nitrogens with one attached hydrogen (secondary N) is 1. The number of thiophene rings is 1. The topological polar surface area (TPSA) is 34.1 Å². The van der Waals surface area contributed by atoms with Crippen LogP contribution >= 0.6 is 38.6 Å². The van der Waals surface area contributed by atoms with Gasteiger partial charge in [-0.15, -0.1) is 22.7 Å². The molecule has 0 saturated carbocycles. The largest absolute Gasteiger partial charge is 0.368 e. The van der Waals surface area contributed by atoms with E-state index in [1.165, 1.54) is 4.88 Å². The van der Waals surface area contributed by atoms with Gasteiger partial charge in [0.2, 0.25) is 0 Å². The maximum Gasteiger partial charge on any atom is 0.124 e. The van der Waals surface area contributed by atoms with Gasteiger partial charge in [-0.05, 0) is 28.1 Å². The molecule has 1 N–H and O–H groups in total. The van der Waals surface area contributed by atoms with Gasteiger partial charge in [-0.3, -0.25) is 0 Å². The van der Waals surface area contributed by atoms with Gasteiger partial charge in [0.15, 0.2) is 0 Å². The predicted octanol–water partition coefficient (Wildman–Crippen LogP) is 3.30. The number of hydrogen-bond donors (Lipinski definition) is 1. The number of ether oxygens (including phenoxy) is 1. The zero-order valence-corrected chi connectivity index (χ0v) is 12.2. The van der Waals surface area contributed by atoms with Crippen molar-refractivity contribution in [2.75, 3.05) is 19.7 Å². The van der Waals surface area contributed by atoms with E-state index in [4.69, 9.17) is 4.74 Å². The lowest BCUT2D eigenvalue weighted by Crippen LogP contribution is -2.33. The second kappa shape index (κ2) is 5.16. The predicted molar refractivity (Wildman–Crippen MR) is 74.7 cm³/mol. The van der Waals surface area contributed by atoms with Gasteiger partial charge in [0.1, 0.15) is 11.1 Å². The fourth-order valence-corrected chi connectivity index (χ4v) is 4.01. The third-order valence-electron chi connectivity index (χ3n) is 2.55. The van der Waals surface area contributed by atoms with Gasteiger partial charge in [-0.1, -0.05) is 0 Å². The van der Waals surface area contributed by atoms with Gasteiger partial charge in [0.05, 0.1) is 21.0 Å². The summed E-state index contributed by atoms with van der Waals surface area (Å²) in [6.45, 7) is 2.57. The maximum atomic E-state index is 5.70. The molecule has 3 heterocycles. The number of rotatable bonds is 2. The van der Waals surface area contributed by atoms with Gasteiger partial charge in [-0.25, -0.2) is 4.98 Å². The van der Waals surface area contributed by atoms with Gasteiger partial charge in [-0.2, -0.15) is 0 Å². The van der Waals surface area contributed by atoms with E-state index in [2.05, 4.69) is 43.7 Å². The van der Waals surface area contributed by atoms with Crippen LogP contribution in [0.25, 0.3) is 10.6 Å². The Balaban J connectivity index is 1.82. The Morgan fingerprint density at radius 2 is 2.41 bits per heavy atom. The molecule has 1 saturated heterocycles. The molecular weight excluding hydrogens is 320 g/mol. The Morgan fingerprint density at radius 1 is 1.47 bits per heavy atom. The number of thiazole rings is 1. The van der Waals surface area contributed by atoms with E-state index in [1.54, 1.807) is 22.7 Å². The molecule has 0 bridgehead atoms. The highest BCUT2D eigenvalue weighted by Gasteiger charge is 2.19. The van der Waals surface area contributed by atoms with Crippen LogP contribution in [0.2, 0.25) is 0 Å². The van der Waals surface area contributed by atoms with Crippen LogP contribution in [0.5, 0.6) is 0 Å². The minimum absolute atomic E-state index is 0.117. The lowest BCUT2D eigenvalue weighted by atomic mass is 10.3. The molecule has 17 heavy (non-hydrogen) atoms. The molecule has 0 spiro atoms. The minimum Gasteiger partial charge on any atom is -0.368 e. The Hall–Kier alpha value is -0.270. The van der Waals surface area contributed by atoms with Crippen LogP contribution in [0, 0.1) is 0 Å². The van der Waals surface area contributed by atoms with Crippen molar-refractivity contribution in [3.63, 3.8) is 0 Å². The van der Waals surface area contributed by atoms with Crippen LogP contribution < -0.4 is 5.32 Å². The summed E-state index contributed by atoms with van der Waals surface area (Å²) in [4.78, 5) is 5.86. The van der Waals surface area contributed by atoms with E-state index >= 15 is 0 Å². The number of morpholine rings is 1. The van der Waals surface area contributed by atoms with E-state index < -0.39 is 0 Å². The highest BCUT2D eigenvalue weighted by Crippen LogP contribution is 2.33. The number of aromatic nitrogens is 1. The van der Waals surface area contributed by atoms with Crippen LogP contribution in [0.4, 0.5) is 0 Å². The zero-order chi connectivity index (χ0) is 11.7. The molecule has 1 fully saturated rings. The molecule has 3 nitrogen and oxygen atoms in total. The first-order chi connectivity index (χ1) is 8.33. The molecule has 3 rings (SSSR count). The maximum absolute atomic E-state index is 5.70. The summed E-state index contributed by atoms with van der Waals surface area (Å²) < 4.78 is 6.83. The number of halogens is 1. The number of nitrogens with zero attached hydrogens (tertiary/aromatic N) is 1. The van der Waals surface area contributed by atoms with E-state index in [0.29, 0.717) is 0 Å².